The topological polar surface area (TPSA) is 89.6 Å². The van der Waals surface area contributed by atoms with E-state index < -0.39 is 0 Å². The summed E-state index contributed by atoms with van der Waals surface area (Å²) in [4.78, 5) is 23.7. The molecule has 5 rings (SSSR count). The first-order valence-corrected chi connectivity index (χ1v) is 10.3. The maximum atomic E-state index is 12.8. The third-order valence-electron chi connectivity index (χ3n) is 5.15. The molecule has 0 bridgehead atoms. The maximum absolute atomic E-state index is 12.8. The number of nitrogens with two attached hydrogens (primary N) is 1. The lowest BCUT2D eigenvalue weighted by Gasteiger charge is -2.14. The monoisotopic (exact) mass is 431 g/mol. The molecular weight excluding hydrogens is 410 g/mol. The molecule has 0 aliphatic rings. The van der Waals surface area contributed by atoms with E-state index in [0.717, 1.165) is 39.8 Å². The zero-order valence-electron chi connectivity index (χ0n) is 17.3. The molecule has 0 atom stereocenters. The van der Waals surface area contributed by atoms with Crippen molar-refractivity contribution in [3.63, 3.8) is 0 Å². The summed E-state index contributed by atoms with van der Waals surface area (Å²) in [6, 6.07) is 17.3. The highest BCUT2D eigenvalue weighted by Gasteiger charge is 2.12. The van der Waals surface area contributed by atoms with Crippen LogP contribution in [0.4, 0.5) is 5.82 Å². The largest absolute Gasteiger partial charge is 0.383 e. The second-order valence-electron chi connectivity index (χ2n) is 7.12. The van der Waals surface area contributed by atoms with Crippen molar-refractivity contribution < 1.29 is 0 Å². The van der Waals surface area contributed by atoms with Gasteiger partial charge in [-0.05, 0) is 48.6 Å². The molecule has 0 amide bonds. The van der Waals surface area contributed by atoms with E-state index in [9.17, 15) is 4.79 Å². The Morgan fingerprint density at radius 1 is 1.06 bits per heavy atom. The summed E-state index contributed by atoms with van der Waals surface area (Å²) in [6.45, 7) is 4.02. The highest BCUT2D eigenvalue weighted by molar-refractivity contribution is 6.35. The van der Waals surface area contributed by atoms with Gasteiger partial charge in [-0.1, -0.05) is 48.9 Å². The first kappa shape index (κ1) is 20.6. The number of aromatic nitrogens is 4. The highest BCUT2D eigenvalue weighted by Crippen LogP contribution is 2.23. The van der Waals surface area contributed by atoms with Crippen molar-refractivity contribution in [2.24, 2.45) is 0 Å². The van der Waals surface area contributed by atoms with Crippen molar-refractivity contribution in [1.82, 2.24) is 19.5 Å². The van der Waals surface area contributed by atoms with Gasteiger partial charge < -0.3 is 10.7 Å². The number of halogens is 1. The van der Waals surface area contributed by atoms with Crippen LogP contribution in [0, 0.1) is 6.92 Å². The lowest BCUT2D eigenvalue weighted by Crippen LogP contribution is -2.22. The normalized spacial score (nSPS) is 10.8. The van der Waals surface area contributed by atoms with Gasteiger partial charge in [-0.15, -0.1) is 0 Å². The number of hydrogen-bond donors (Lipinski definition) is 2. The summed E-state index contributed by atoms with van der Waals surface area (Å²) in [5.74, 6) is 0.536. The molecule has 5 aromatic rings. The molecule has 3 N–H and O–H groups in total. The number of nitrogens with one attached hydrogen (secondary N) is 1. The molecule has 0 spiro atoms. The molecule has 0 fully saturated rings. The quantitative estimate of drug-likeness (QED) is 0.409. The zero-order valence-corrected chi connectivity index (χ0v) is 18.0. The van der Waals surface area contributed by atoms with Gasteiger partial charge in [0.2, 0.25) is 0 Å². The molecule has 0 unspecified atom stereocenters. The molecule has 0 aliphatic heterocycles. The molecule has 31 heavy (non-hydrogen) atoms. The van der Waals surface area contributed by atoms with Crippen LogP contribution in [0.5, 0.6) is 0 Å². The minimum Gasteiger partial charge on any atom is -0.383 e. The van der Waals surface area contributed by atoms with Gasteiger partial charge in [-0.3, -0.25) is 9.36 Å². The second kappa shape index (κ2) is 8.62. The Kier molecular flexibility index (Phi) is 5.73. The minimum absolute atomic E-state index is 0.0591. The summed E-state index contributed by atoms with van der Waals surface area (Å²) < 4.78 is 1.74. The van der Waals surface area contributed by atoms with Crippen molar-refractivity contribution in [3.05, 3.63) is 93.8 Å². The third kappa shape index (κ3) is 3.90. The second-order valence-corrected chi connectivity index (χ2v) is 7.53. The van der Waals surface area contributed by atoms with Gasteiger partial charge in [0.25, 0.3) is 5.56 Å². The van der Waals surface area contributed by atoms with Crippen LogP contribution < -0.4 is 11.3 Å². The average Bonchev–Trinajstić information content (AvgIpc) is 3.16. The summed E-state index contributed by atoms with van der Waals surface area (Å²) >= 11 is 6.20. The maximum Gasteiger partial charge on any atom is 0.264 e. The van der Waals surface area contributed by atoms with Crippen molar-refractivity contribution in [3.8, 4) is 5.69 Å². The number of pyridine rings is 1. The Hall–Kier alpha value is -3.64. The van der Waals surface area contributed by atoms with E-state index in [1.807, 2.05) is 68.6 Å². The molecule has 0 saturated carbocycles. The number of anilines is 1. The molecule has 7 heteroatoms. The van der Waals surface area contributed by atoms with Crippen molar-refractivity contribution in [2.45, 2.75) is 20.3 Å². The fourth-order valence-corrected chi connectivity index (χ4v) is 3.90. The van der Waals surface area contributed by atoms with Crippen LogP contribution in [-0.2, 0) is 6.42 Å². The lowest BCUT2D eigenvalue weighted by atomic mass is 10.1. The Morgan fingerprint density at radius 2 is 1.84 bits per heavy atom. The summed E-state index contributed by atoms with van der Waals surface area (Å²) in [5, 5.41) is 2.90. The van der Waals surface area contributed by atoms with Crippen LogP contribution >= 0.6 is 11.6 Å². The van der Waals surface area contributed by atoms with Crippen molar-refractivity contribution in [2.75, 3.05) is 5.73 Å². The number of fused-ring (bicyclic) bond motifs is 2. The minimum atomic E-state index is -0.0591. The lowest BCUT2D eigenvalue weighted by molar-refractivity contribution is 0.889. The van der Waals surface area contributed by atoms with Crippen LogP contribution in [0.3, 0.4) is 0 Å². The van der Waals surface area contributed by atoms with Crippen LogP contribution in [0.15, 0.2) is 71.9 Å². The van der Waals surface area contributed by atoms with Crippen LogP contribution in [0.1, 0.15) is 18.2 Å². The summed E-state index contributed by atoms with van der Waals surface area (Å²) in [5.41, 5.74) is 9.31. The fourth-order valence-electron chi connectivity index (χ4n) is 3.64. The number of nitrogen functional groups attached to an aromatic ring is 1. The number of rotatable bonds is 2. The van der Waals surface area contributed by atoms with Gasteiger partial charge in [-0.2, -0.15) is 0 Å². The molecule has 6 nitrogen and oxygen atoms in total. The van der Waals surface area contributed by atoms with E-state index in [1.165, 1.54) is 6.33 Å². The predicted molar refractivity (Wildman–Crippen MR) is 127 cm³/mol. The fraction of sp³-hybridized carbons (Fsp3) is 0.125. The van der Waals surface area contributed by atoms with Crippen LogP contribution in [-0.4, -0.2) is 19.5 Å². The number of hydrogen-bond acceptors (Lipinski definition) is 4. The Bertz CT molecular complexity index is 1420. The standard InChI is InChI=1S/C17H14ClNO.C7H8N4/c1-2-13-11-12-7-6-10-15(18)16(12)17(20)19(13)14-8-4-3-5-9-14;1-4-2-9-7-5(4)6(8)10-3-11-7/h3-11H,2H2,1H3;2-3H,1H3,(H3,8,9,10,11). The van der Waals surface area contributed by atoms with Gasteiger partial charge in [0, 0.05) is 17.6 Å². The first-order chi connectivity index (χ1) is 15.0. The van der Waals surface area contributed by atoms with Crippen LogP contribution in [0.25, 0.3) is 27.5 Å². The SMILES string of the molecule is CCc1cc2cccc(Cl)c2c(=O)n1-c1ccccc1.Cc1c[nH]c2ncnc(N)c12. The van der Waals surface area contributed by atoms with Crippen molar-refractivity contribution >= 4 is 39.2 Å². The first-order valence-electron chi connectivity index (χ1n) is 9.94. The smallest absolute Gasteiger partial charge is 0.264 e. The number of benzene rings is 2. The Balaban J connectivity index is 0.000000177. The molecular formula is C24H22ClN5O. The number of aryl methyl sites for hydroxylation is 2. The third-order valence-corrected chi connectivity index (χ3v) is 5.46. The van der Waals surface area contributed by atoms with Gasteiger partial charge in [-0.25, -0.2) is 9.97 Å². The Morgan fingerprint density at radius 3 is 2.55 bits per heavy atom. The zero-order chi connectivity index (χ0) is 22.0. The molecule has 0 radical (unpaired) electrons. The number of aromatic amines is 1. The van der Waals surface area contributed by atoms with E-state index in [4.69, 9.17) is 17.3 Å². The molecule has 0 saturated heterocycles. The van der Waals surface area contributed by atoms with E-state index >= 15 is 0 Å². The Labute approximate surface area is 184 Å². The van der Waals surface area contributed by atoms with Gasteiger partial charge in [0.1, 0.15) is 17.8 Å². The molecule has 3 aromatic heterocycles. The van der Waals surface area contributed by atoms with Gasteiger partial charge in [0.05, 0.1) is 15.8 Å². The summed E-state index contributed by atoms with van der Waals surface area (Å²) in [6.07, 6.45) is 4.11. The van der Waals surface area contributed by atoms with E-state index in [1.54, 1.807) is 10.6 Å². The van der Waals surface area contributed by atoms with E-state index in [2.05, 4.69) is 15.0 Å². The van der Waals surface area contributed by atoms with Crippen molar-refractivity contribution in [1.29, 1.82) is 0 Å². The van der Waals surface area contributed by atoms with Gasteiger partial charge in [0.15, 0.2) is 0 Å². The van der Waals surface area contributed by atoms with E-state index in [0.29, 0.717) is 16.2 Å². The predicted octanol–water partition coefficient (Wildman–Crippen LogP) is 5.06. The number of nitrogens with zero attached hydrogens (tertiary/aromatic N) is 3. The average molecular weight is 432 g/mol. The van der Waals surface area contributed by atoms with Gasteiger partial charge >= 0.3 is 0 Å². The number of para-hydroxylation sites is 1. The molecule has 156 valence electrons. The van der Waals surface area contributed by atoms with Crippen LogP contribution in [0.2, 0.25) is 5.02 Å². The summed E-state index contributed by atoms with van der Waals surface area (Å²) in [7, 11) is 0. The molecule has 3 heterocycles. The molecule has 0 aliphatic carbocycles. The highest BCUT2D eigenvalue weighted by atomic mass is 35.5. The number of H-pyrrole nitrogens is 1. The van der Waals surface area contributed by atoms with E-state index in [-0.39, 0.29) is 5.56 Å². The molecule has 2 aromatic carbocycles.